The van der Waals surface area contributed by atoms with Crippen molar-refractivity contribution in [1.29, 1.82) is 0 Å². The number of amides is 1. The van der Waals surface area contributed by atoms with Crippen LogP contribution in [0.5, 0.6) is 0 Å². The summed E-state index contributed by atoms with van der Waals surface area (Å²) in [5, 5.41) is 11.5. The van der Waals surface area contributed by atoms with Crippen molar-refractivity contribution < 1.29 is 19.5 Å². The van der Waals surface area contributed by atoms with Crippen LogP contribution in [0.4, 0.5) is 0 Å². The minimum atomic E-state index is -1.07. The average molecular weight is 266 g/mol. The molecule has 2 atom stereocenters. The molecule has 3 N–H and O–H groups in total. The third-order valence-electron chi connectivity index (χ3n) is 3.10. The number of nitrogens with one attached hydrogen (secondary N) is 2. The number of carboxylic acid groups (broad SMARTS) is 1. The number of ketones is 1. The average Bonchev–Trinajstić information content (AvgIpc) is 2.84. The van der Waals surface area contributed by atoms with Gasteiger partial charge in [0.25, 0.3) is 5.91 Å². The van der Waals surface area contributed by atoms with E-state index in [2.05, 4.69) is 10.3 Å². The van der Waals surface area contributed by atoms with Crippen molar-refractivity contribution >= 4 is 17.7 Å². The van der Waals surface area contributed by atoms with Crippen molar-refractivity contribution in [3.8, 4) is 0 Å². The molecule has 1 unspecified atom stereocenters. The lowest BCUT2D eigenvalue weighted by molar-refractivity contribution is -0.140. The second-order valence-corrected chi connectivity index (χ2v) is 4.53. The highest BCUT2D eigenvalue weighted by atomic mass is 16.4. The number of H-pyrrole nitrogens is 1. The van der Waals surface area contributed by atoms with Crippen LogP contribution in [0.25, 0.3) is 0 Å². The number of rotatable bonds is 6. The predicted molar refractivity (Wildman–Crippen MR) is 69.1 cm³/mol. The number of aromatic amines is 1. The lowest BCUT2D eigenvalue weighted by Crippen LogP contribution is -2.45. The molecule has 0 aromatic carbocycles. The van der Waals surface area contributed by atoms with Gasteiger partial charge in [-0.3, -0.25) is 9.59 Å². The number of aliphatic carboxylic acids is 1. The molecule has 1 aromatic rings. The first-order valence-corrected chi connectivity index (χ1v) is 6.09. The summed E-state index contributed by atoms with van der Waals surface area (Å²) in [6.07, 6.45) is 2.07. The van der Waals surface area contributed by atoms with Crippen molar-refractivity contribution in [3.05, 3.63) is 23.5 Å². The minimum absolute atomic E-state index is 0.160. The quantitative estimate of drug-likeness (QED) is 0.678. The van der Waals surface area contributed by atoms with Crippen LogP contribution in [-0.2, 0) is 4.79 Å². The molecule has 1 rings (SSSR count). The maximum absolute atomic E-state index is 11.9. The number of carbonyl (C=O) groups excluding carboxylic acids is 2. The molecular formula is C13H18N2O4. The zero-order valence-corrected chi connectivity index (χ0v) is 11.2. The Hall–Kier alpha value is -2.11. The summed E-state index contributed by atoms with van der Waals surface area (Å²) in [7, 11) is 0. The molecule has 0 aliphatic heterocycles. The fourth-order valence-corrected chi connectivity index (χ4v) is 1.63. The summed E-state index contributed by atoms with van der Waals surface area (Å²) < 4.78 is 0. The van der Waals surface area contributed by atoms with Gasteiger partial charge in [-0.25, -0.2) is 4.79 Å². The van der Waals surface area contributed by atoms with Gasteiger partial charge in [0.2, 0.25) is 0 Å². The summed E-state index contributed by atoms with van der Waals surface area (Å²) in [6.45, 7) is 5.01. The molecule has 6 heteroatoms. The number of hydrogen-bond acceptors (Lipinski definition) is 3. The molecule has 1 aromatic heterocycles. The van der Waals surface area contributed by atoms with Crippen LogP contribution in [0, 0.1) is 5.92 Å². The molecule has 0 bridgehead atoms. The van der Waals surface area contributed by atoms with Gasteiger partial charge in [-0.05, 0) is 18.9 Å². The van der Waals surface area contributed by atoms with Crippen molar-refractivity contribution in [2.24, 2.45) is 5.92 Å². The monoisotopic (exact) mass is 266 g/mol. The van der Waals surface area contributed by atoms with Crippen molar-refractivity contribution in [3.63, 3.8) is 0 Å². The number of Topliss-reactive ketones (excluding diaryl/α,β-unsaturated/α-hetero) is 1. The highest BCUT2D eigenvalue weighted by Crippen LogP contribution is 2.10. The van der Waals surface area contributed by atoms with Gasteiger partial charge in [0.05, 0.1) is 0 Å². The third-order valence-corrected chi connectivity index (χ3v) is 3.10. The number of carbonyl (C=O) groups is 3. The summed E-state index contributed by atoms with van der Waals surface area (Å²) in [5.41, 5.74) is 0.570. The number of hydrogen-bond donors (Lipinski definition) is 3. The Balaban J connectivity index is 2.81. The van der Waals surface area contributed by atoms with E-state index in [1.165, 1.54) is 19.2 Å². The van der Waals surface area contributed by atoms with E-state index in [1.807, 2.05) is 6.92 Å². The van der Waals surface area contributed by atoms with E-state index in [-0.39, 0.29) is 17.4 Å². The topological polar surface area (TPSA) is 99.3 Å². The highest BCUT2D eigenvalue weighted by molar-refractivity contribution is 6.00. The molecule has 6 nitrogen and oxygen atoms in total. The smallest absolute Gasteiger partial charge is 0.326 e. The molecule has 1 heterocycles. The fourth-order valence-electron chi connectivity index (χ4n) is 1.63. The molecule has 104 valence electrons. The maximum Gasteiger partial charge on any atom is 0.326 e. The lowest BCUT2D eigenvalue weighted by Gasteiger charge is -2.19. The van der Waals surface area contributed by atoms with E-state index < -0.39 is 17.9 Å². The van der Waals surface area contributed by atoms with E-state index >= 15 is 0 Å². The molecule has 0 saturated heterocycles. The molecule has 0 fully saturated rings. The molecule has 0 spiro atoms. The van der Waals surface area contributed by atoms with E-state index in [9.17, 15) is 14.4 Å². The molecule has 0 saturated carbocycles. The Kier molecular flexibility index (Phi) is 4.86. The maximum atomic E-state index is 11.9. The zero-order valence-electron chi connectivity index (χ0n) is 11.2. The summed E-state index contributed by atoms with van der Waals surface area (Å²) in [6, 6.07) is 0.467. The second-order valence-electron chi connectivity index (χ2n) is 4.53. The van der Waals surface area contributed by atoms with Crippen molar-refractivity contribution in [2.45, 2.75) is 33.2 Å². The van der Waals surface area contributed by atoms with E-state index in [4.69, 9.17) is 5.11 Å². The molecular weight excluding hydrogens is 248 g/mol. The van der Waals surface area contributed by atoms with Gasteiger partial charge in [0, 0.05) is 11.8 Å². The molecule has 1 amide bonds. The van der Waals surface area contributed by atoms with E-state index in [0.717, 1.165) is 0 Å². The van der Waals surface area contributed by atoms with Gasteiger partial charge < -0.3 is 15.4 Å². The van der Waals surface area contributed by atoms with Gasteiger partial charge in [-0.15, -0.1) is 0 Å². The van der Waals surface area contributed by atoms with Crippen LogP contribution < -0.4 is 5.32 Å². The van der Waals surface area contributed by atoms with E-state index in [1.54, 1.807) is 6.92 Å². The summed E-state index contributed by atoms with van der Waals surface area (Å²) >= 11 is 0. The summed E-state index contributed by atoms with van der Waals surface area (Å²) in [4.78, 5) is 36.8. The van der Waals surface area contributed by atoms with Gasteiger partial charge in [-0.2, -0.15) is 0 Å². The van der Waals surface area contributed by atoms with Crippen LogP contribution in [0.15, 0.2) is 12.3 Å². The standard InChI is InChI=1S/C13H18N2O4/c1-4-7(2)11(13(18)19)15-12(17)10-5-9(6-14-10)8(3)16/h5-7,11,14H,4H2,1-3H3,(H,15,17)(H,18,19)/t7?,11-/m0/s1. The Morgan fingerprint density at radius 1 is 1.42 bits per heavy atom. The van der Waals surface area contributed by atoms with Crippen LogP contribution in [0.3, 0.4) is 0 Å². The highest BCUT2D eigenvalue weighted by Gasteiger charge is 2.26. The third kappa shape index (κ3) is 3.67. The van der Waals surface area contributed by atoms with Crippen LogP contribution in [0.2, 0.25) is 0 Å². The van der Waals surface area contributed by atoms with Crippen LogP contribution in [-0.4, -0.2) is 33.8 Å². The normalized spacial score (nSPS) is 13.6. The number of carboxylic acids is 1. The predicted octanol–water partition coefficient (Wildman–Crippen LogP) is 1.45. The number of aromatic nitrogens is 1. The Morgan fingerprint density at radius 2 is 2.05 bits per heavy atom. The molecule has 0 aliphatic rings. The summed E-state index contributed by atoms with van der Waals surface area (Å²) in [5.74, 6) is -1.93. The van der Waals surface area contributed by atoms with Crippen molar-refractivity contribution in [1.82, 2.24) is 10.3 Å². The lowest BCUT2D eigenvalue weighted by atomic mass is 9.99. The second kappa shape index (κ2) is 6.17. The van der Waals surface area contributed by atoms with Gasteiger partial charge in [-0.1, -0.05) is 20.3 Å². The molecule has 0 radical (unpaired) electrons. The largest absolute Gasteiger partial charge is 0.480 e. The van der Waals surface area contributed by atoms with Crippen LogP contribution in [0.1, 0.15) is 48.0 Å². The van der Waals surface area contributed by atoms with Crippen LogP contribution >= 0.6 is 0 Å². The minimum Gasteiger partial charge on any atom is -0.480 e. The van der Waals surface area contributed by atoms with Crippen molar-refractivity contribution in [2.75, 3.05) is 0 Å². The Labute approximate surface area is 111 Å². The molecule has 0 aliphatic carbocycles. The fraction of sp³-hybridized carbons (Fsp3) is 0.462. The first-order chi connectivity index (χ1) is 8.86. The van der Waals surface area contributed by atoms with Gasteiger partial charge >= 0.3 is 5.97 Å². The van der Waals surface area contributed by atoms with Gasteiger partial charge in [0.15, 0.2) is 5.78 Å². The SMILES string of the molecule is CCC(C)[C@H](NC(=O)c1cc(C(C)=O)c[nH]1)C(=O)O. The zero-order chi connectivity index (χ0) is 14.6. The van der Waals surface area contributed by atoms with E-state index in [0.29, 0.717) is 12.0 Å². The molecule has 19 heavy (non-hydrogen) atoms. The Morgan fingerprint density at radius 3 is 2.47 bits per heavy atom. The first kappa shape index (κ1) is 14.9. The Bertz CT molecular complexity index is 493. The van der Waals surface area contributed by atoms with Gasteiger partial charge in [0.1, 0.15) is 11.7 Å². The first-order valence-electron chi connectivity index (χ1n) is 6.09.